The first-order valence-electron chi connectivity index (χ1n) is 9.83. The number of nitrogens with zero attached hydrogens (tertiary/aromatic N) is 3. The van der Waals surface area contributed by atoms with Crippen molar-refractivity contribution in [3.63, 3.8) is 0 Å². The number of carbonyl (C=O) groups is 1. The van der Waals surface area contributed by atoms with E-state index in [1.807, 2.05) is 13.0 Å². The summed E-state index contributed by atoms with van der Waals surface area (Å²) in [5.41, 5.74) is 1.11. The van der Waals surface area contributed by atoms with E-state index in [0.717, 1.165) is 26.4 Å². The highest BCUT2D eigenvalue weighted by atomic mass is 32.2. The van der Waals surface area contributed by atoms with Gasteiger partial charge in [-0.25, -0.2) is 8.42 Å². The number of carbonyl (C=O) groups excluding carboxylic acids is 1. The van der Waals surface area contributed by atoms with Crippen LogP contribution < -0.4 is 14.4 Å². The van der Waals surface area contributed by atoms with Crippen LogP contribution in [-0.4, -0.2) is 43.9 Å². The monoisotopic (exact) mass is 492 g/mol. The number of ether oxygens (including phenoxy) is 1. The molecule has 3 rings (SSSR count). The Labute approximate surface area is 196 Å². The topological polar surface area (TPSA) is 101 Å². The van der Waals surface area contributed by atoms with Gasteiger partial charge < -0.3 is 4.74 Å². The minimum Gasteiger partial charge on any atom is -0.495 e. The highest BCUT2D eigenvalue weighted by molar-refractivity contribution is 8.01. The number of amides is 1. The van der Waals surface area contributed by atoms with Gasteiger partial charge in [0, 0.05) is 5.75 Å². The fourth-order valence-corrected chi connectivity index (χ4v) is 5.95. The Kier molecular flexibility index (Phi) is 8.10. The molecule has 0 aliphatic heterocycles. The van der Waals surface area contributed by atoms with Gasteiger partial charge >= 0.3 is 0 Å². The minimum atomic E-state index is -4.04. The lowest BCUT2D eigenvalue weighted by Gasteiger charge is -2.25. The number of methoxy groups -OCH3 is 1. The van der Waals surface area contributed by atoms with Gasteiger partial charge in [0.1, 0.15) is 12.3 Å². The van der Waals surface area contributed by atoms with E-state index >= 15 is 0 Å². The molecule has 0 spiro atoms. The molecule has 32 heavy (non-hydrogen) atoms. The van der Waals surface area contributed by atoms with Gasteiger partial charge in [0.25, 0.3) is 10.0 Å². The first-order valence-corrected chi connectivity index (χ1v) is 13.1. The van der Waals surface area contributed by atoms with Gasteiger partial charge in [-0.05, 0) is 43.2 Å². The van der Waals surface area contributed by atoms with Crippen LogP contribution in [0.3, 0.4) is 0 Å². The normalized spacial score (nSPS) is 11.2. The van der Waals surface area contributed by atoms with Gasteiger partial charge in [-0.2, -0.15) is 0 Å². The summed E-state index contributed by atoms with van der Waals surface area (Å²) in [4.78, 5) is 12.9. The molecule has 0 unspecified atom stereocenters. The molecule has 11 heteroatoms. The molecule has 3 aromatic rings. The van der Waals surface area contributed by atoms with Crippen molar-refractivity contribution in [2.45, 2.75) is 29.5 Å². The number of aryl methyl sites for hydroxylation is 1. The highest BCUT2D eigenvalue weighted by Gasteiger charge is 2.29. The molecule has 8 nitrogen and oxygen atoms in total. The molecule has 0 aliphatic carbocycles. The largest absolute Gasteiger partial charge is 0.495 e. The number of sulfonamides is 1. The molecule has 0 aliphatic rings. The molecular weight excluding hydrogens is 468 g/mol. The summed E-state index contributed by atoms with van der Waals surface area (Å²) in [6.07, 6.45) is 0.997. The Morgan fingerprint density at radius 1 is 1.19 bits per heavy atom. The summed E-state index contributed by atoms with van der Waals surface area (Å²) < 4.78 is 34.2. The number of hydrogen-bond donors (Lipinski definition) is 1. The fraction of sp³-hybridized carbons (Fsp3) is 0.286. The molecule has 1 aromatic heterocycles. The maximum absolute atomic E-state index is 13.5. The summed E-state index contributed by atoms with van der Waals surface area (Å²) in [5, 5.41) is 11.0. The molecule has 0 bridgehead atoms. The van der Waals surface area contributed by atoms with Gasteiger partial charge in [-0.15, -0.1) is 10.2 Å². The lowest BCUT2D eigenvalue weighted by atomic mass is 10.2. The van der Waals surface area contributed by atoms with Crippen LogP contribution in [0.25, 0.3) is 0 Å². The summed E-state index contributed by atoms with van der Waals surface area (Å²) in [6, 6.07) is 13.1. The van der Waals surface area contributed by atoms with E-state index in [1.165, 1.54) is 30.6 Å². The number of nitrogens with one attached hydrogen (secondary N) is 1. The molecule has 0 saturated carbocycles. The van der Waals surface area contributed by atoms with Crippen LogP contribution in [0.2, 0.25) is 0 Å². The first-order chi connectivity index (χ1) is 15.3. The second-order valence-electron chi connectivity index (χ2n) is 6.77. The Bertz CT molecular complexity index is 1170. The van der Waals surface area contributed by atoms with Crippen molar-refractivity contribution in [3.05, 3.63) is 54.1 Å². The van der Waals surface area contributed by atoms with Crippen molar-refractivity contribution in [2.24, 2.45) is 0 Å². The van der Waals surface area contributed by atoms with Crippen molar-refractivity contribution in [2.75, 3.05) is 29.0 Å². The van der Waals surface area contributed by atoms with Crippen molar-refractivity contribution < 1.29 is 17.9 Å². The predicted octanol–water partition coefficient (Wildman–Crippen LogP) is 4.19. The molecular formula is C21H24N4O4S3. The molecule has 170 valence electrons. The van der Waals surface area contributed by atoms with Gasteiger partial charge in [0.2, 0.25) is 11.0 Å². The van der Waals surface area contributed by atoms with E-state index in [1.54, 1.807) is 42.1 Å². The zero-order valence-electron chi connectivity index (χ0n) is 17.9. The van der Waals surface area contributed by atoms with Crippen LogP contribution in [0.4, 0.5) is 10.8 Å². The number of hydrogen-bond acceptors (Lipinski definition) is 8. The van der Waals surface area contributed by atoms with Crippen LogP contribution >= 0.6 is 23.1 Å². The van der Waals surface area contributed by atoms with Crippen molar-refractivity contribution in [1.82, 2.24) is 10.2 Å². The Balaban J connectivity index is 1.92. The van der Waals surface area contributed by atoms with Crippen molar-refractivity contribution in [3.8, 4) is 5.75 Å². The lowest BCUT2D eigenvalue weighted by Crippen LogP contribution is -2.38. The number of thioether (sulfide) groups is 1. The van der Waals surface area contributed by atoms with E-state index in [4.69, 9.17) is 4.74 Å². The molecule has 1 amide bonds. The van der Waals surface area contributed by atoms with Gasteiger partial charge in [0.15, 0.2) is 4.34 Å². The van der Waals surface area contributed by atoms with E-state index in [0.29, 0.717) is 10.9 Å². The number of rotatable bonds is 10. The summed E-state index contributed by atoms with van der Waals surface area (Å²) >= 11 is 2.81. The molecule has 1 heterocycles. The molecule has 2 aromatic carbocycles. The number of benzene rings is 2. The minimum absolute atomic E-state index is 0.0746. The number of aromatic nitrogens is 2. The van der Waals surface area contributed by atoms with Crippen LogP contribution in [0.5, 0.6) is 5.75 Å². The third-order valence-electron chi connectivity index (χ3n) is 4.30. The van der Waals surface area contributed by atoms with E-state index < -0.39 is 22.5 Å². The van der Waals surface area contributed by atoms with Crippen molar-refractivity contribution in [1.29, 1.82) is 0 Å². The van der Waals surface area contributed by atoms with Crippen LogP contribution in [-0.2, 0) is 14.8 Å². The predicted molar refractivity (Wildman–Crippen MR) is 128 cm³/mol. The van der Waals surface area contributed by atoms with Gasteiger partial charge in [0.05, 0.1) is 17.7 Å². The number of anilines is 2. The average Bonchev–Trinajstić information content (AvgIpc) is 3.23. The standard InChI is InChI=1S/C21H24N4O4S3/c1-4-12-30-21-24-23-20(31-21)22-19(26)14-25(17-13-15(2)10-11-18(17)29-3)32(27,28)16-8-6-5-7-9-16/h5-11,13H,4,12,14H2,1-3H3,(H,22,23,26). The third-order valence-corrected chi connectivity index (χ3v) is 8.26. The second kappa shape index (κ2) is 10.8. The fourth-order valence-electron chi connectivity index (χ4n) is 2.81. The molecule has 0 radical (unpaired) electrons. The Hall–Kier alpha value is -2.63. The van der Waals surface area contributed by atoms with Crippen LogP contribution in [0, 0.1) is 6.92 Å². The zero-order chi connectivity index (χ0) is 23.1. The quantitative estimate of drug-likeness (QED) is 0.334. The maximum atomic E-state index is 13.5. The SMILES string of the molecule is CCCSc1nnc(NC(=O)CN(c2cc(C)ccc2OC)S(=O)(=O)c2ccccc2)s1. The maximum Gasteiger partial charge on any atom is 0.264 e. The molecule has 1 N–H and O–H groups in total. The van der Waals surface area contributed by atoms with Gasteiger partial charge in [-0.3, -0.25) is 14.4 Å². The molecule has 0 fully saturated rings. The van der Waals surface area contributed by atoms with Gasteiger partial charge in [-0.1, -0.05) is 54.3 Å². The highest BCUT2D eigenvalue weighted by Crippen LogP contribution is 2.33. The average molecular weight is 493 g/mol. The Morgan fingerprint density at radius 2 is 1.94 bits per heavy atom. The Morgan fingerprint density at radius 3 is 2.62 bits per heavy atom. The van der Waals surface area contributed by atoms with E-state index in [2.05, 4.69) is 22.4 Å². The van der Waals surface area contributed by atoms with Crippen molar-refractivity contribution >= 4 is 49.8 Å². The second-order valence-corrected chi connectivity index (χ2v) is 11.0. The lowest BCUT2D eigenvalue weighted by molar-refractivity contribution is -0.114. The van der Waals surface area contributed by atoms with E-state index in [9.17, 15) is 13.2 Å². The smallest absolute Gasteiger partial charge is 0.264 e. The first kappa shape index (κ1) is 24.0. The molecule has 0 saturated heterocycles. The van der Waals surface area contributed by atoms with E-state index in [-0.39, 0.29) is 10.6 Å². The molecule has 0 atom stereocenters. The summed E-state index contributed by atoms with van der Waals surface area (Å²) in [5.74, 6) is 0.715. The summed E-state index contributed by atoms with van der Waals surface area (Å²) in [7, 11) is -2.59. The van der Waals surface area contributed by atoms with Crippen LogP contribution in [0.15, 0.2) is 57.8 Å². The summed E-state index contributed by atoms with van der Waals surface area (Å²) in [6.45, 7) is 3.46. The zero-order valence-corrected chi connectivity index (χ0v) is 20.4. The third kappa shape index (κ3) is 5.78. The van der Waals surface area contributed by atoms with Crippen LogP contribution in [0.1, 0.15) is 18.9 Å².